The van der Waals surface area contributed by atoms with Crippen LogP contribution in [0.4, 0.5) is 0 Å². The lowest BCUT2D eigenvalue weighted by Crippen LogP contribution is -2.20. The van der Waals surface area contributed by atoms with Crippen LogP contribution in [0.25, 0.3) is 21.5 Å². The molecule has 6 nitrogen and oxygen atoms in total. The van der Waals surface area contributed by atoms with E-state index in [2.05, 4.69) is 52.8 Å². The van der Waals surface area contributed by atoms with Crippen molar-refractivity contribution in [1.82, 2.24) is 10.4 Å². The topological polar surface area (TPSA) is 87.4 Å². The molecular weight excluding hydrogens is 444 g/mol. The minimum atomic E-state index is -0.275. The van der Waals surface area contributed by atoms with Crippen molar-refractivity contribution < 1.29 is 9.53 Å². The minimum absolute atomic E-state index is 0.0876. The molecule has 0 fully saturated rings. The highest BCUT2D eigenvalue weighted by molar-refractivity contribution is 8.00. The first kappa shape index (κ1) is 23.4. The molecule has 0 bridgehead atoms. The van der Waals surface area contributed by atoms with Gasteiger partial charge in [0.2, 0.25) is 5.91 Å². The van der Waals surface area contributed by atoms with Crippen LogP contribution in [-0.2, 0) is 16.1 Å². The van der Waals surface area contributed by atoms with E-state index < -0.39 is 0 Å². The zero-order chi connectivity index (χ0) is 24.1. The van der Waals surface area contributed by atoms with Crippen LogP contribution in [0.15, 0.2) is 64.7 Å². The van der Waals surface area contributed by atoms with Gasteiger partial charge in [0.1, 0.15) is 11.1 Å². The van der Waals surface area contributed by atoms with Crippen LogP contribution < -0.4 is 5.43 Å². The maximum absolute atomic E-state index is 12.5. The quantitative estimate of drug-likeness (QED) is 0.173. The molecule has 1 aromatic heterocycles. The number of aryl methyl sites for hydroxylation is 2. The summed E-state index contributed by atoms with van der Waals surface area (Å²) < 4.78 is 5.18. The van der Waals surface area contributed by atoms with E-state index in [-0.39, 0.29) is 11.7 Å². The number of nitrogens with one attached hydrogen (secondary N) is 1. The summed E-state index contributed by atoms with van der Waals surface area (Å²) in [5.41, 5.74) is 6.75. The summed E-state index contributed by atoms with van der Waals surface area (Å²) in [6, 6.07) is 20.4. The number of thioether (sulfide) groups is 1. The van der Waals surface area contributed by atoms with Crippen LogP contribution in [-0.4, -0.2) is 30.0 Å². The van der Waals surface area contributed by atoms with E-state index in [1.165, 1.54) is 17.3 Å². The summed E-state index contributed by atoms with van der Waals surface area (Å²) in [6.45, 7) is 4.29. The number of ether oxygens (including phenoxy) is 1. The van der Waals surface area contributed by atoms with E-state index in [1.807, 2.05) is 37.3 Å². The van der Waals surface area contributed by atoms with Crippen LogP contribution in [0.5, 0.6) is 0 Å². The molecule has 0 aliphatic carbocycles. The van der Waals surface area contributed by atoms with Gasteiger partial charge in [0, 0.05) is 18.4 Å². The molecule has 0 aliphatic heterocycles. The van der Waals surface area contributed by atoms with E-state index in [9.17, 15) is 10.1 Å². The Kier molecular flexibility index (Phi) is 7.21. The normalized spacial score (nSPS) is 11.2. The Balaban J connectivity index is 1.54. The zero-order valence-corrected chi connectivity index (χ0v) is 20.1. The van der Waals surface area contributed by atoms with Gasteiger partial charge in [-0.2, -0.15) is 10.4 Å². The fourth-order valence-corrected chi connectivity index (χ4v) is 4.92. The molecule has 34 heavy (non-hydrogen) atoms. The second-order valence-electron chi connectivity index (χ2n) is 7.86. The smallest absolute Gasteiger partial charge is 0.250 e. The van der Waals surface area contributed by atoms with Crippen molar-refractivity contribution >= 4 is 45.4 Å². The van der Waals surface area contributed by atoms with Crippen LogP contribution in [0.2, 0.25) is 0 Å². The van der Waals surface area contributed by atoms with Gasteiger partial charge < -0.3 is 4.74 Å². The fourth-order valence-electron chi connectivity index (χ4n) is 4.06. The SMILES string of the molecule is COCc1cc(C)nc(SCC(=O)N/N=C/c2c3ccccc3c(C)c3ccccc23)c1C#N. The zero-order valence-electron chi connectivity index (χ0n) is 19.3. The van der Waals surface area contributed by atoms with Crippen molar-refractivity contribution in [2.75, 3.05) is 12.9 Å². The minimum Gasteiger partial charge on any atom is -0.380 e. The summed E-state index contributed by atoms with van der Waals surface area (Å²) in [7, 11) is 1.58. The van der Waals surface area contributed by atoms with Gasteiger partial charge in [-0.3, -0.25) is 4.79 Å². The lowest BCUT2D eigenvalue weighted by Gasteiger charge is -2.12. The number of aromatic nitrogens is 1. The molecule has 0 spiro atoms. The molecule has 0 saturated carbocycles. The summed E-state index contributed by atoms with van der Waals surface area (Å²) in [4.78, 5) is 16.9. The number of carbonyl (C=O) groups is 1. The number of pyridine rings is 1. The highest BCUT2D eigenvalue weighted by Gasteiger charge is 2.14. The maximum Gasteiger partial charge on any atom is 0.250 e. The van der Waals surface area contributed by atoms with Crippen LogP contribution >= 0.6 is 11.8 Å². The Labute approximate surface area is 202 Å². The Morgan fingerprint density at radius 2 is 1.74 bits per heavy atom. The first-order valence-corrected chi connectivity index (χ1v) is 11.8. The van der Waals surface area contributed by atoms with Crippen molar-refractivity contribution in [3.8, 4) is 6.07 Å². The number of hydrazone groups is 1. The summed E-state index contributed by atoms with van der Waals surface area (Å²) in [5, 5.41) is 18.8. The first-order chi connectivity index (χ1) is 16.5. The van der Waals surface area contributed by atoms with E-state index in [1.54, 1.807) is 13.3 Å². The largest absolute Gasteiger partial charge is 0.380 e. The van der Waals surface area contributed by atoms with Gasteiger partial charge in [0.05, 0.1) is 24.1 Å². The van der Waals surface area contributed by atoms with Crippen LogP contribution in [0.3, 0.4) is 0 Å². The van der Waals surface area contributed by atoms with E-state index in [0.29, 0.717) is 17.2 Å². The molecule has 1 heterocycles. The standard InChI is InChI=1S/C27H24N4O2S/c1-17-12-19(15-33-3)24(13-28)27(30-17)34-16-26(32)31-29-14-25-22-10-6-4-8-20(22)18(2)21-9-5-7-11-23(21)25/h4-12,14H,15-16H2,1-3H3,(H,31,32)/b29-14+. The highest BCUT2D eigenvalue weighted by atomic mass is 32.2. The molecule has 3 aromatic carbocycles. The third-order valence-corrected chi connectivity index (χ3v) is 6.55. The summed E-state index contributed by atoms with van der Waals surface area (Å²) in [6.07, 6.45) is 1.70. The molecule has 0 aliphatic rings. The number of rotatable bonds is 7. The number of nitriles is 1. The van der Waals surface area contributed by atoms with E-state index >= 15 is 0 Å². The molecule has 0 radical (unpaired) electrons. The molecule has 0 unspecified atom stereocenters. The molecule has 0 saturated heterocycles. The Morgan fingerprint density at radius 3 is 2.32 bits per heavy atom. The number of fused-ring (bicyclic) bond motifs is 2. The lowest BCUT2D eigenvalue weighted by atomic mass is 9.93. The predicted octanol–water partition coefficient (Wildman–Crippen LogP) is 5.27. The third-order valence-electron chi connectivity index (χ3n) is 5.57. The molecule has 0 atom stereocenters. The van der Waals surface area contributed by atoms with Crippen molar-refractivity contribution in [2.24, 2.45) is 5.10 Å². The summed E-state index contributed by atoms with van der Waals surface area (Å²) >= 11 is 1.21. The number of hydrogen-bond donors (Lipinski definition) is 1. The van der Waals surface area contributed by atoms with Gasteiger partial charge in [-0.1, -0.05) is 60.3 Å². The first-order valence-electron chi connectivity index (χ1n) is 10.8. The lowest BCUT2D eigenvalue weighted by molar-refractivity contribution is -0.118. The monoisotopic (exact) mass is 468 g/mol. The Hall–Kier alpha value is -3.73. The molecular formula is C27H24N4O2S. The number of carbonyl (C=O) groups excluding carboxylic acids is 1. The molecule has 4 rings (SSSR count). The fraction of sp³-hybridized carbons (Fsp3) is 0.185. The number of benzene rings is 3. The highest BCUT2D eigenvalue weighted by Crippen LogP contribution is 2.31. The number of methoxy groups -OCH3 is 1. The predicted molar refractivity (Wildman–Crippen MR) is 137 cm³/mol. The number of amides is 1. The van der Waals surface area contributed by atoms with Gasteiger partial charge >= 0.3 is 0 Å². The summed E-state index contributed by atoms with van der Waals surface area (Å²) in [5.74, 6) is -0.188. The number of nitrogens with zero attached hydrogens (tertiary/aromatic N) is 3. The maximum atomic E-state index is 12.5. The van der Waals surface area contributed by atoms with Crippen LogP contribution in [0.1, 0.15) is 27.9 Å². The van der Waals surface area contributed by atoms with Crippen molar-refractivity contribution in [2.45, 2.75) is 25.5 Å². The van der Waals surface area contributed by atoms with Crippen molar-refractivity contribution in [3.05, 3.63) is 82.5 Å². The van der Waals surface area contributed by atoms with Gasteiger partial charge in [0.15, 0.2) is 0 Å². The van der Waals surface area contributed by atoms with Crippen LogP contribution in [0, 0.1) is 25.2 Å². The molecule has 4 aromatic rings. The van der Waals surface area contributed by atoms with Crippen molar-refractivity contribution in [1.29, 1.82) is 5.26 Å². The second-order valence-corrected chi connectivity index (χ2v) is 8.82. The van der Waals surface area contributed by atoms with Gasteiger partial charge in [-0.05, 0) is 52.6 Å². The molecule has 170 valence electrons. The molecule has 1 N–H and O–H groups in total. The second kappa shape index (κ2) is 10.5. The van der Waals surface area contributed by atoms with Crippen molar-refractivity contribution in [3.63, 3.8) is 0 Å². The third kappa shape index (κ3) is 4.79. The van der Waals surface area contributed by atoms with Gasteiger partial charge in [-0.15, -0.1) is 0 Å². The molecule has 7 heteroatoms. The van der Waals surface area contributed by atoms with Gasteiger partial charge in [0.25, 0.3) is 0 Å². The van der Waals surface area contributed by atoms with Gasteiger partial charge in [-0.25, -0.2) is 10.4 Å². The van der Waals surface area contributed by atoms with E-state index in [0.717, 1.165) is 38.4 Å². The number of hydrogen-bond acceptors (Lipinski definition) is 6. The van der Waals surface area contributed by atoms with E-state index in [4.69, 9.17) is 4.74 Å². The average Bonchev–Trinajstić information content (AvgIpc) is 2.85. The average molecular weight is 469 g/mol. The molecule has 1 amide bonds. The Bertz CT molecular complexity index is 1400. The Morgan fingerprint density at radius 1 is 1.12 bits per heavy atom.